The van der Waals surface area contributed by atoms with Crippen molar-refractivity contribution in [3.05, 3.63) is 24.1 Å². The molecule has 0 aromatic carbocycles. The third-order valence-corrected chi connectivity index (χ3v) is 4.16. The highest BCUT2D eigenvalue weighted by Gasteiger charge is 2.55. The molecule has 3 heterocycles. The fraction of sp³-hybridized carbons (Fsp3) is 0.462. The fourth-order valence-electron chi connectivity index (χ4n) is 2.80. The van der Waals surface area contributed by atoms with Crippen LogP contribution in [0.25, 0.3) is 11.2 Å². The van der Waals surface area contributed by atoms with Crippen LogP contribution in [0, 0.1) is 0 Å². The number of hydrogen-bond donors (Lipinski definition) is 4. The van der Waals surface area contributed by atoms with Crippen LogP contribution in [0.4, 0.5) is 5.95 Å². The summed E-state index contributed by atoms with van der Waals surface area (Å²) in [6.45, 7) is 3.12. The van der Waals surface area contributed by atoms with Crippen molar-refractivity contribution in [2.24, 2.45) is 0 Å². The van der Waals surface area contributed by atoms with Gasteiger partial charge in [0, 0.05) is 6.42 Å². The van der Waals surface area contributed by atoms with E-state index >= 15 is 0 Å². The van der Waals surface area contributed by atoms with Crippen LogP contribution in [0.15, 0.2) is 19.0 Å². The molecule has 0 spiro atoms. The van der Waals surface area contributed by atoms with Crippen molar-refractivity contribution in [2.75, 3.05) is 12.3 Å². The molecule has 9 nitrogen and oxygen atoms in total. The van der Waals surface area contributed by atoms with E-state index in [9.17, 15) is 15.3 Å². The van der Waals surface area contributed by atoms with Crippen LogP contribution in [-0.2, 0) is 4.74 Å². The molecule has 0 bridgehead atoms. The molecule has 4 atom stereocenters. The van der Waals surface area contributed by atoms with Crippen LogP contribution >= 0.6 is 11.6 Å². The third kappa shape index (κ3) is 2.37. The van der Waals surface area contributed by atoms with Gasteiger partial charge in [-0.1, -0.05) is 17.7 Å². The fourth-order valence-corrected chi connectivity index (χ4v) is 3.02. The summed E-state index contributed by atoms with van der Waals surface area (Å²) in [5.41, 5.74) is 4.42. The van der Waals surface area contributed by atoms with Gasteiger partial charge < -0.3 is 25.8 Å². The molecule has 1 aliphatic heterocycles. The summed E-state index contributed by atoms with van der Waals surface area (Å²) in [7, 11) is 0. The maximum atomic E-state index is 10.9. The van der Waals surface area contributed by atoms with Gasteiger partial charge in [0.05, 0.1) is 12.9 Å². The van der Waals surface area contributed by atoms with Gasteiger partial charge in [-0.25, -0.2) is 4.98 Å². The molecule has 2 aromatic heterocycles. The number of fused-ring (bicyclic) bond motifs is 1. The van der Waals surface area contributed by atoms with Crippen molar-refractivity contribution < 1.29 is 20.1 Å². The molecule has 5 N–H and O–H groups in total. The van der Waals surface area contributed by atoms with Gasteiger partial charge in [0.1, 0.15) is 23.3 Å². The Morgan fingerprint density at radius 2 is 2.26 bits per heavy atom. The Hall–Kier alpha value is -1.78. The van der Waals surface area contributed by atoms with Gasteiger partial charge in [-0.05, 0) is 0 Å². The minimum absolute atomic E-state index is 0.0311. The van der Waals surface area contributed by atoms with Gasteiger partial charge >= 0.3 is 0 Å². The van der Waals surface area contributed by atoms with Crippen molar-refractivity contribution in [1.82, 2.24) is 19.5 Å². The van der Waals surface area contributed by atoms with Crippen molar-refractivity contribution in [3.8, 4) is 0 Å². The van der Waals surface area contributed by atoms with Crippen LogP contribution < -0.4 is 5.73 Å². The van der Waals surface area contributed by atoms with E-state index in [-0.39, 0.29) is 28.7 Å². The van der Waals surface area contributed by atoms with Crippen LogP contribution in [0.3, 0.4) is 0 Å². The maximum absolute atomic E-state index is 10.9. The lowest BCUT2D eigenvalue weighted by molar-refractivity contribution is -0.105. The molecule has 2 aromatic rings. The maximum Gasteiger partial charge on any atom is 0.223 e. The Balaban J connectivity index is 2.14. The lowest BCUT2D eigenvalue weighted by Gasteiger charge is -2.30. The number of aliphatic hydroxyl groups is 3. The Bertz CT molecular complexity index is 753. The molecule has 1 saturated heterocycles. The first-order valence-electron chi connectivity index (χ1n) is 6.85. The standard InChI is InChI=1S/C13H16ClN5O4/c1-2-3-13(22)8(21)6(4-20)23-11(13)19-5-16-7-9(14)17-12(15)18-10(7)19/h2,5-6,8,11,20-22H,1,3-4H2,(H2,15,17,18)/t6?,8?,11?,13-/m1/s1. The molecule has 0 saturated carbocycles. The number of aromatic nitrogens is 4. The Labute approximate surface area is 136 Å². The number of nitrogens with zero attached hydrogens (tertiary/aromatic N) is 4. The van der Waals surface area contributed by atoms with E-state index in [2.05, 4.69) is 21.5 Å². The molecule has 3 unspecified atom stereocenters. The van der Waals surface area contributed by atoms with Crippen LogP contribution in [0.5, 0.6) is 0 Å². The number of anilines is 1. The molecule has 3 rings (SSSR count). The van der Waals surface area contributed by atoms with Crippen LogP contribution in [-0.4, -0.2) is 59.3 Å². The highest BCUT2D eigenvalue weighted by Crippen LogP contribution is 2.42. The van der Waals surface area contributed by atoms with Gasteiger partial charge in [0.2, 0.25) is 5.95 Å². The number of aliphatic hydroxyl groups excluding tert-OH is 2. The summed E-state index contributed by atoms with van der Waals surface area (Å²) in [4.78, 5) is 12.0. The van der Waals surface area contributed by atoms with Crippen molar-refractivity contribution in [1.29, 1.82) is 0 Å². The zero-order chi connectivity index (χ0) is 16.8. The van der Waals surface area contributed by atoms with Gasteiger partial charge in [-0.3, -0.25) is 4.57 Å². The molecule has 0 aliphatic carbocycles. The lowest BCUT2D eigenvalue weighted by Crippen LogP contribution is -2.46. The van der Waals surface area contributed by atoms with E-state index in [0.717, 1.165) is 0 Å². The zero-order valence-electron chi connectivity index (χ0n) is 12.0. The number of rotatable bonds is 4. The average molecular weight is 342 g/mol. The molecule has 23 heavy (non-hydrogen) atoms. The molecule has 1 fully saturated rings. The zero-order valence-corrected chi connectivity index (χ0v) is 12.8. The van der Waals surface area contributed by atoms with E-state index in [4.69, 9.17) is 22.1 Å². The molecule has 1 aliphatic rings. The van der Waals surface area contributed by atoms with Crippen molar-refractivity contribution >= 4 is 28.7 Å². The van der Waals surface area contributed by atoms with Crippen molar-refractivity contribution in [3.63, 3.8) is 0 Å². The SMILES string of the molecule is C=CC[C@@]1(O)C(O)C(CO)OC1n1cnc2c(Cl)nc(N)nc21. The first-order valence-corrected chi connectivity index (χ1v) is 7.23. The number of halogens is 1. The summed E-state index contributed by atoms with van der Waals surface area (Å²) < 4.78 is 7.01. The Morgan fingerprint density at radius 3 is 2.91 bits per heavy atom. The molecular weight excluding hydrogens is 326 g/mol. The van der Waals surface area contributed by atoms with E-state index < -0.39 is 30.6 Å². The monoisotopic (exact) mass is 341 g/mol. The molecular formula is C13H16ClN5O4. The summed E-state index contributed by atoms with van der Waals surface area (Å²) in [6.07, 6.45) is -0.490. The van der Waals surface area contributed by atoms with Gasteiger partial charge in [-0.2, -0.15) is 9.97 Å². The number of nitrogens with two attached hydrogens (primary N) is 1. The van der Waals surface area contributed by atoms with Crippen LogP contribution in [0.1, 0.15) is 12.6 Å². The minimum Gasteiger partial charge on any atom is -0.394 e. The quantitative estimate of drug-likeness (QED) is 0.436. The highest BCUT2D eigenvalue weighted by molar-refractivity contribution is 6.33. The molecule has 0 radical (unpaired) electrons. The largest absolute Gasteiger partial charge is 0.394 e. The first kappa shape index (κ1) is 16.1. The Morgan fingerprint density at radius 1 is 1.52 bits per heavy atom. The van der Waals surface area contributed by atoms with E-state index in [1.165, 1.54) is 17.0 Å². The van der Waals surface area contributed by atoms with E-state index in [0.29, 0.717) is 0 Å². The summed E-state index contributed by atoms with van der Waals surface area (Å²) in [5, 5.41) is 30.6. The van der Waals surface area contributed by atoms with Gasteiger partial charge in [0.15, 0.2) is 17.0 Å². The van der Waals surface area contributed by atoms with E-state index in [1.807, 2.05) is 0 Å². The predicted octanol–water partition coefficient (Wildman–Crippen LogP) is -0.380. The summed E-state index contributed by atoms with van der Waals surface area (Å²) in [5.74, 6) is -0.0613. The van der Waals surface area contributed by atoms with Gasteiger partial charge in [0.25, 0.3) is 0 Å². The minimum atomic E-state index is -1.71. The number of imidazole rings is 1. The van der Waals surface area contributed by atoms with Gasteiger partial charge in [-0.15, -0.1) is 6.58 Å². The topological polar surface area (TPSA) is 140 Å². The normalized spacial score (nSPS) is 30.9. The second-order valence-electron chi connectivity index (χ2n) is 5.34. The van der Waals surface area contributed by atoms with E-state index in [1.54, 1.807) is 0 Å². The molecule has 124 valence electrons. The Kier molecular flexibility index (Phi) is 3.98. The van der Waals surface area contributed by atoms with Crippen LogP contribution in [0.2, 0.25) is 5.15 Å². The predicted molar refractivity (Wildman–Crippen MR) is 81.5 cm³/mol. The highest BCUT2D eigenvalue weighted by atomic mass is 35.5. The second kappa shape index (κ2) is 5.69. The summed E-state index contributed by atoms with van der Waals surface area (Å²) >= 11 is 5.98. The number of nitrogen functional groups attached to an aromatic ring is 1. The smallest absolute Gasteiger partial charge is 0.223 e. The van der Waals surface area contributed by atoms with Crippen molar-refractivity contribution in [2.45, 2.75) is 30.5 Å². The molecule has 0 amide bonds. The average Bonchev–Trinajstić information content (AvgIpc) is 3.01. The summed E-state index contributed by atoms with van der Waals surface area (Å²) in [6, 6.07) is 0. The number of ether oxygens (including phenoxy) is 1. The first-order chi connectivity index (χ1) is 10.9. The second-order valence-corrected chi connectivity index (χ2v) is 5.69. The molecule has 10 heteroatoms. The number of hydrogen-bond acceptors (Lipinski definition) is 8. The third-order valence-electron chi connectivity index (χ3n) is 3.90. The lowest BCUT2D eigenvalue weighted by atomic mass is 9.90.